The van der Waals surface area contributed by atoms with Crippen LogP contribution in [0.4, 0.5) is 16.4 Å². The highest BCUT2D eigenvalue weighted by Gasteiger charge is 2.25. The van der Waals surface area contributed by atoms with E-state index in [0.29, 0.717) is 24.2 Å². The van der Waals surface area contributed by atoms with E-state index in [9.17, 15) is 4.79 Å². The van der Waals surface area contributed by atoms with Crippen molar-refractivity contribution in [2.45, 2.75) is 19.3 Å². The van der Waals surface area contributed by atoms with E-state index in [4.69, 9.17) is 5.11 Å². The molecule has 1 aromatic rings. The maximum atomic E-state index is 11.1. The lowest BCUT2D eigenvalue weighted by molar-refractivity contribution is 0.148. The first kappa shape index (κ1) is 15.3. The van der Waals surface area contributed by atoms with Gasteiger partial charge in [0, 0.05) is 39.3 Å². The highest BCUT2D eigenvalue weighted by Crippen LogP contribution is 2.29. The Morgan fingerprint density at radius 3 is 2.41 bits per heavy atom. The van der Waals surface area contributed by atoms with Crippen LogP contribution in [0.1, 0.15) is 19.3 Å². The van der Waals surface area contributed by atoms with Gasteiger partial charge in [-0.3, -0.25) is 0 Å². The molecule has 2 fully saturated rings. The molecule has 0 spiro atoms. The number of amides is 1. The Bertz CT molecular complexity index is 550. The van der Waals surface area contributed by atoms with Gasteiger partial charge in [0.05, 0.1) is 6.20 Å². The smallest absolute Gasteiger partial charge is 0.407 e. The number of nitrogens with zero attached hydrogens (tertiary/aromatic N) is 5. The molecule has 2 aliphatic heterocycles. The second-order valence-corrected chi connectivity index (χ2v) is 6.46. The standard InChI is InChI=1S/C14H20BrN5O2/c15-11-10-16-12(18-4-1-2-5-18)13(17-11)19-6-3-7-20(9-8-19)14(21)22/h10H,1-9H2,(H,21,22). The summed E-state index contributed by atoms with van der Waals surface area (Å²) in [4.78, 5) is 26.2. The van der Waals surface area contributed by atoms with Gasteiger partial charge in [0.1, 0.15) is 4.60 Å². The molecule has 22 heavy (non-hydrogen) atoms. The Balaban J connectivity index is 1.83. The minimum atomic E-state index is -0.845. The molecular formula is C14H20BrN5O2. The average Bonchev–Trinajstić information content (AvgIpc) is 2.90. The fourth-order valence-electron chi connectivity index (χ4n) is 3.04. The van der Waals surface area contributed by atoms with Gasteiger partial charge >= 0.3 is 6.09 Å². The van der Waals surface area contributed by atoms with Crippen molar-refractivity contribution in [1.29, 1.82) is 0 Å². The Morgan fingerprint density at radius 1 is 1.00 bits per heavy atom. The van der Waals surface area contributed by atoms with Crippen LogP contribution in [-0.2, 0) is 0 Å². The topological polar surface area (TPSA) is 72.8 Å². The third kappa shape index (κ3) is 3.26. The van der Waals surface area contributed by atoms with Crippen molar-refractivity contribution in [1.82, 2.24) is 14.9 Å². The van der Waals surface area contributed by atoms with Crippen LogP contribution in [0.25, 0.3) is 0 Å². The summed E-state index contributed by atoms with van der Waals surface area (Å²) in [5, 5.41) is 9.16. The molecule has 1 N–H and O–H groups in total. The van der Waals surface area contributed by atoms with Crippen LogP contribution in [-0.4, -0.2) is 65.3 Å². The summed E-state index contributed by atoms with van der Waals surface area (Å²) >= 11 is 3.40. The van der Waals surface area contributed by atoms with E-state index in [1.807, 2.05) is 0 Å². The summed E-state index contributed by atoms with van der Waals surface area (Å²) in [6, 6.07) is 0. The van der Waals surface area contributed by atoms with Crippen LogP contribution in [0.2, 0.25) is 0 Å². The van der Waals surface area contributed by atoms with Crippen molar-refractivity contribution in [3.05, 3.63) is 10.8 Å². The van der Waals surface area contributed by atoms with E-state index in [2.05, 4.69) is 35.7 Å². The predicted octanol–water partition coefficient (Wildman–Crippen LogP) is 2.03. The molecular weight excluding hydrogens is 350 g/mol. The van der Waals surface area contributed by atoms with Crippen molar-refractivity contribution < 1.29 is 9.90 Å². The van der Waals surface area contributed by atoms with E-state index in [0.717, 1.165) is 37.7 Å². The molecule has 0 aromatic carbocycles. The van der Waals surface area contributed by atoms with Crippen LogP contribution < -0.4 is 9.80 Å². The Hall–Kier alpha value is -1.57. The molecule has 3 rings (SSSR count). The third-order valence-corrected chi connectivity index (χ3v) is 4.56. The highest BCUT2D eigenvalue weighted by molar-refractivity contribution is 9.10. The summed E-state index contributed by atoms with van der Waals surface area (Å²) in [5.74, 6) is 1.79. The zero-order chi connectivity index (χ0) is 15.5. The maximum absolute atomic E-state index is 11.1. The van der Waals surface area contributed by atoms with Crippen LogP contribution in [0.3, 0.4) is 0 Å². The quantitative estimate of drug-likeness (QED) is 0.859. The fraction of sp³-hybridized carbons (Fsp3) is 0.643. The largest absolute Gasteiger partial charge is 0.465 e. The highest BCUT2D eigenvalue weighted by atomic mass is 79.9. The van der Waals surface area contributed by atoms with Crippen LogP contribution >= 0.6 is 15.9 Å². The summed E-state index contributed by atoms with van der Waals surface area (Å²) in [6.45, 7) is 4.56. The third-order valence-electron chi connectivity index (χ3n) is 4.18. The van der Waals surface area contributed by atoms with Crippen LogP contribution in [0.15, 0.2) is 10.8 Å². The van der Waals surface area contributed by atoms with Gasteiger partial charge in [0.15, 0.2) is 11.6 Å². The first-order valence-electron chi connectivity index (χ1n) is 7.65. The number of hydrogen-bond donors (Lipinski definition) is 1. The van der Waals surface area contributed by atoms with Gasteiger partial charge in [-0.1, -0.05) is 0 Å². The molecule has 0 radical (unpaired) electrons. The first-order valence-corrected chi connectivity index (χ1v) is 8.45. The Labute approximate surface area is 138 Å². The van der Waals surface area contributed by atoms with Gasteiger partial charge in [0.25, 0.3) is 0 Å². The molecule has 0 saturated carbocycles. The molecule has 1 aromatic heterocycles. The first-order chi connectivity index (χ1) is 10.6. The molecule has 7 nitrogen and oxygen atoms in total. The van der Waals surface area contributed by atoms with Gasteiger partial charge in [-0.15, -0.1) is 0 Å². The van der Waals surface area contributed by atoms with Crippen LogP contribution in [0.5, 0.6) is 0 Å². The average molecular weight is 370 g/mol. The number of hydrogen-bond acceptors (Lipinski definition) is 5. The zero-order valence-corrected chi connectivity index (χ0v) is 14.0. The normalized spacial score (nSPS) is 19.4. The van der Waals surface area contributed by atoms with Crippen LogP contribution in [0, 0.1) is 0 Å². The van der Waals surface area contributed by atoms with Crippen molar-refractivity contribution in [2.75, 3.05) is 49.1 Å². The van der Waals surface area contributed by atoms with Gasteiger partial charge in [-0.25, -0.2) is 14.8 Å². The number of carbonyl (C=O) groups is 1. The molecule has 0 bridgehead atoms. The number of anilines is 2. The van der Waals surface area contributed by atoms with Gasteiger partial charge < -0.3 is 19.8 Å². The van der Waals surface area contributed by atoms with E-state index in [-0.39, 0.29) is 0 Å². The number of aromatic nitrogens is 2. The summed E-state index contributed by atoms with van der Waals surface area (Å²) in [6.07, 6.45) is 4.06. The lowest BCUT2D eigenvalue weighted by Gasteiger charge is -2.27. The molecule has 8 heteroatoms. The van der Waals surface area contributed by atoms with E-state index in [1.54, 1.807) is 6.20 Å². The zero-order valence-electron chi connectivity index (χ0n) is 12.4. The van der Waals surface area contributed by atoms with Gasteiger partial charge in [-0.2, -0.15) is 0 Å². The second kappa shape index (κ2) is 6.68. The minimum Gasteiger partial charge on any atom is -0.465 e. The van der Waals surface area contributed by atoms with Crippen molar-refractivity contribution >= 4 is 33.7 Å². The summed E-state index contributed by atoms with van der Waals surface area (Å²) in [7, 11) is 0. The molecule has 3 heterocycles. The lowest BCUT2D eigenvalue weighted by Crippen LogP contribution is -2.35. The molecule has 0 aliphatic carbocycles. The maximum Gasteiger partial charge on any atom is 0.407 e. The van der Waals surface area contributed by atoms with E-state index < -0.39 is 6.09 Å². The van der Waals surface area contributed by atoms with Crippen molar-refractivity contribution in [2.24, 2.45) is 0 Å². The van der Waals surface area contributed by atoms with Crippen molar-refractivity contribution in [3.63, 3.8) is 0 Å². The molecule has 120 valence electrons. The summed E-state index contributed by atoms with van der Waals surface area (Å²) in [5.41, 5.74) is 0. The Morgan fingerprint density at radius 2 is 1.68 bits per heavy atom. The summed E-state index contributed by atoms with van der Waals surface area (Å²) < 4.78 is 0.713. The number of rotatable bonds is 2. The SMILES string of the molecule is O=C(O)N1CCCN(c2nc(Br)cnc2N2CCCC2)CC1. The van der Waals surface area contributed by atoms with E-state index >= 15 is 0 Å². The monoisotopic (exact) mass is 369 g/mol. The van der Waals surface area contributed by atoms with Crippen molar-refractivity contribution in [3.8, 4) is 0 Å². The number of halogens is 1. The number of carboxylic acid groups (broad SMARTS) is 1. The molecule has 0 atom stereocenters. The van der Waals surface area contributed by atoms with Gasteiger partial charge in [-0.05, 0) is 35.2 Å². The molecule has 2 aliphatic rings. The van der Waals surface area contributed by atoms with Gasteiger partial charge in [0.2, 0.25) is 0 Å². The lowest BCUT2D eigenvalue weighted by atomic mass is 10.3. The minimum absolute atomic E-state index is 0.503. The Kier molecular flexibility index (Phi) is 4.66. The predicted molar refractivity (Wildman–Crippen MR) is 87.6 cm³/mol. The molecule has 2 saturated heterocycles. The molecule has 0 unspecified atom stereocenters. The fourth-order valence-corrected chi connectivity index (χ4v) is 3.31. The second-order valence-electron chi connectivity index (χ2n) is 5.64. The van der Waals surface area contributed by atoms with E-state index in [1.165, 1.54) is 17.7 Å². The molecule has 1 amide bonds.